The van der Waals surface area contributed by atoms with Gasteiger partial charge in [0.2, 0.25) is 0 Å². The number of halogens is 2. The summed E-state index contributed by atoms with van der Waals surface area (Å²) >= 11 is 11.9. The van der Waals surface area contributed by atoms with Crippen molar-refractivity contribution in [1.29, 1.82) is 0 Å². The Morgan fingerprint density at radius 1 is 1.24 bits per heavy atom. The largest absolute Gasteiger partial charge is 0.489 e. The zero-order valence-corrected chi connectivity index (χ0v) is 13.0. The molecule has 1 unspecified atom stereocenters. The van der Waals surface area contributed by atoms with E-state index in [0.29, 0.717) is 22.3 Å². The molecule has 0 amide bonds. The van der Waals surface area contributed by atoms with E-state index in [-0.39, 0.29) is 6.61 Å². The Morgan fingerprint density at radius 3 is 2.76 bits per heavy atom. The molecule has 6 heteroatoms. The van der Waals surface area contributed by atoms with Crippen LogP contribution in [0.4, 0.5) is 5.82 Å². The number of benzene rings is 1. The van der Waals surface area contributed by atoms with E-state index in [1.807, 2.05) is 25.1 Å². The summed E-state index contributed by atoms with van der Waals surface area (Å²) in [6, 6.07) is 10.8. The summed E-state index contributed by atoms with van der Waals surface area (Å²) in [5.41, 5.74) is 0.913. The quantitative estimate of drug-likeness (QED) is 0.852. The summed E-state index contributed by atoms with van der Waals surface area (Å²) < 4.78 is 5.46. The molecule has 1 aromatic carbocycles. The minimum absolute atomic E-state index is 0.110. The van der Waals surface area contributed by atoms with Gasteiger partial charge in [-0.1, -0.05) is 35.3 Å². The van der Waals surface area contributed by atoms with Gasteiger partial charge < -0.3 is 15.2 Å². The van der Waals surface area contributed by atoms with E-state index in [9.17, 15) is 5.11 Å². The molecule has 0 bridgehead atoms. The molecule has 1 aromatic heterocycles. The lowest BCUT2D eigenvalue weighted by Crippen LogP contribution is -2.26. The second-order valence-electron chi connectivity index (χ2n) is 4.56. The smallest absolute Gasteiger partial charge is 0.139 e. The molecule has 0 aliphatic carbocycles. The molecule has 21 heavy (non-hydrogen) atoms. The maximum atomic E-state index is 9.91. The van der Waals surface area contributed by atoms with Crippen LogP contribution in [0.3, 0.4) is 0 Å². The summed E-state index contributed by atoms with van der Waals surface area (Å²) in [5, 5.41) is 13.7. The molecular weight excluding hydrogens is 311 g/mol. The summed E-state index contributed by atoms with van der Waals surface area (Å²) in [4.78, 5) is 4.29. The Balaban J connectivity index is 1.82. The van der Waals surface area contributed by atoms with Crippen LogP contribution in [0.25, 0.3) is 0 Å². The minimum atomic E-state index is -0.692. The van der Waals surface area contributed by atoms with E-state index < -0.39 is 6.10 Å². The van der Waals surface area contributed by atoms with Gasteiger partial charge in [0, 0.05) is 12.2 Å². The number of anilines is 1. The van der Waals surface area contributed by atoms with Gasteiger partial charge in [0.1, 0.15) is 29.3 Å². The summed E-state index contributed by atoms with van der Waals surface area (Å²) in [6.45, 7) is 2.35. The van der Waals surface area contributed by atoms with Crippen LogP contribution in [0.1, 0.15) is 5.69 Å². The average Bonchev–Trinajstić information content (AvgIpc) is 2.47. The second-order valence-corrected chi connectivity index (χ2v) is 5.35. The molecule has 0 spiro atoms. The molecule has 0 radical (unpaired) electrons. The first-order chi connectivity index (χ1) is 10.1. The van der Waals surface area contributed by atoms with Crippen LogP contribution >= 0.6 is 23.2 Å². The Morgan fingerprint density at radius 2 is 2.00 bits per heavy atom. The molecule has 0 aliphatic rings. The topological polar surface area (TPSA) is 54.4 Å². The predicted octanol–water partition coefficient (Wildman–Crippen LogP) is 3.55. The lowest BCUT2D eigenvalue weighted by atomic mass is 10.3. The van der Waals surface area contributed by atoms with Crippen molar-refractivity contribution in [3.8, 4) is 5.75 Å². The molecule has 112 valence electrons. The third kappa shape index (κ3) is 4.77. The van der Waals surface area contributed by atoms with Crippen LogP contribution in [-0.4, -0.2) is 29.3 Å². The van der Waals surface area contributed by atoms with E-state index in [4.69, 9.17) is 27.9 Å². The Bertz CT molecular complexity index is 608. The number of aromatic nitrogens is 1. The molecule has 0 fully saturated rings. The molecule has 0 saturated heterocycles. The molecule has 2 N–H and O–H groups in total. The van der Waals surface area contributed by atoms with Gasteiger partial charge in [0.05, 0.1) is 5.02 Å². The van der Waals surface area contributed by atoms with Crippen molar-refractivity contribution >= 4 is 29.0 Å². The number of pyridine rings is 1. The fourth-order valence-electron chi connectivity index (χ4n) is 1.70. The van der Waals surface area contributed by atoms with Gasteiger partial charge in [-0.05, 0) is 31.2 Å². The average molecular weight is 327 g/mol. The maximum Gasteiger partial charge on any atom is 0.139 e. The number of hydrogen-bond donors (Lipinski definition) is 2. The number of aryl methyl sites for hydroxylation is 1. The molecule has 2 rings (SSSR count). The second kappa shape index (κ2) is 7.50. The van der Waals surface area contributed by atoms with Crippen molar-refractivity contribution in [2.75, 3.05) is 18.5 Å². The highest BCUT2D eigenvalue weighted by molar-refractivity contribution is 6.42. The van der Waals surface area contributed by atoms with Gasteiger partial charge >= 0.3 is 0 Å². The number of nitrogens with one attached hydrogen (secondary N) is 1. The Kier molecular flexibility index (Phi) is 5.67. The number of ether oxygens (including phenoxy) is 1. The lowest BCUT2D eigenvalue weighted by Gasteiger charge is -2.14. The van der Waals surface area contributed by atoms with Crippen LogP contribution < -0.4 is 10.1 Å². The minimum Gasteiger partial charge on any atom is -0.489 e. The summed E-state index contributed by atoms with van der Waals surface area (Å²) in [5.74, 6) is 1.17. The van der Waals surface area contributed by atoms with Crippen molar-refractivity contribution in [2.45, 2.75) is 13.0 Å². The maximum absolute atomic E-state index is 9.91. The first-order valence-corrected chi connectivity index (χ1v) is 7.24. The van der Waals surface area contributed by atoms with Crippen LogP contribution in [0.5, 0.6) is 5.75 Å². The summed E-state index contributed by atoms with van der Waals surface area (Å²) in [7, 11) is 0. The first-order valence-electron chi connectivity index (χ1n) is 6.48. The van der Waals surface area contributed by atoms with Crippen molar-refractivity contribution in [3.05, 3.63) is 52.1 Å². The summed E-state index contributed by atoms with van der Waals surface area (Å²) in [6.07, 6.45) is -0.692. The number of aliphatic hydroxyl groups excluding tert-OH is 1. The molecule has 0 aliphatic heterocycles. The van der Waals surface area contributed by atoms with Gasteiger partial charge in [0.25, 0.3) is 0 Å². The van der Waals surface area contributed by atoms with E-state index in [1.165, 1.54) is 0 Å². The first kappa shape index (κ1) is 15.9. The van der Waals surface area contributed by atoms with Crippen LogP contribution in [0, 0.1) is 6.92 Å². The fourth-order valence-corrected chi connectivity index (χ4v) is 2.05. The van der Waals surface area contributed by atoms with Crippen molar-refractivity contribution in [1.82, 2.24) is 4.98 Å². The molecular formula is C15H16Cl2N2O2. The fraction of sp³-hybridized carbons (Fsp3) is 0.267. The number of nitrogens with zero attached hydrogens (tertiary/aromatic N) is 1. The lowest BCUT2D eigenvalue weighted by molar-refractivity contribution is 0.117. The third-order valence-corrected chi connectivity index (χ3v) is 3.56. The molecule has 2 aromatic rings. The van der Waals surface area contributed by atoms with Crippen LogP contribution in [0.2, 0.25) is 10.0 Å². The van der Waals surface area contributed by atoms with Gasteiger partial charge in [-0.3, -0.25) is 0 Å². The normalized spacial score (nSPS) is 12.0. The standard InChI is InChI=1S/C15H16Cl2N2O2/c1-10-4-2-7-14(19-10)18-8-11(20)9-21-13-6-3-5-12(16)15(13)17/h2-7,11,20H,8-9H2,1H3,(H,18,19). The van der Waals surface area contributed by atoms with Crippen LogP contribution in [-0.2, 0) is 0 Å². The molecule has 0 saturated carbocycles. The van der Waals surface area contributed by atoms with E-state index in [2.05, 4.69) is 10.3 Å². The van der Waals surface area contributed by atoms with Gasteiger partial charge in [-0.15, -0.1) is 0 Å². The number of hydrogen-bond acceptors (Lipinski definition) is 4. The van der Waals surface area contributed by atoms with E-state index >= 15 is 0 Å². The van der Waals surface area contributed by atoms with Crippen molar-refractivity contribution in [3.63, 3.8) is 0 Å². The van der Waals surface area contributed by atoms with Gasteiger partial charge in [-0.25, -0.2) is 4.98 Å². The van der Waals surface area contributed by atoms with Crippen molar-refractivity contribution < 1.29 is 9.84 Å². The van der Waals surface area contributed by atoms with E-state index in [0.717, 1.165) is 11.5 Å². The van der Waals surface area contributed by atoms with Gasteiger partial charge in [-0.2, -0.15) is 0 Å². The predicted molar refractivity (Wildman–Crippen MR) is 85.4 cm³/mol. The molecule has 1 atom stereocenters. The zero-order valence-electron chi connectivity index (χ0n) is 11.5. The van der Waals surface area contributed by atoms with Gasteiger partial charge in [0.15, 0.2) is 0 Å². The number of rotatable bonds is 6. The van der Waals surface area contributed by atoms with Crippen molar-refractivity contribution in [2.24, 2.45) is 0 Å². The highest BCUT2D eigenvalue weighted by Gasteiger charge is 2.09. The molecule has 1 heterocycles. The number of aliphatic hydroxyl groups is 1. The molecule has 4 nitrogen and oxygen atoms in total. The zero-order chi connectivity index (χ0) is 15.2. The highest BCUT2D eigenvalue weighted by atomic mass is 35.5. The third-order valence-electron chi connectivity index (χ3n) is 2.75. The SMILES string of the molecule is Cc1cccc(NCC(O)COc2cccc(Cl)c2Cl)n1. The Hall–Kier alpha value is -1.49. The van der Waals surface area contributed by atoms with Crippen LogP contribution in [0.15, 0.2) is 36.4 Å². The monoisotopic (exact) mass is 326 g/mol. The Labute approximate surface area is 133 Å². The van der Waals surface area contributed by atoms with E-state index in [1.54, 1.807) is 18.2 Å². The highest BCUT2D eigenvalue weighted by Crippen LogP contribution is 2.31.